The summed E-state index contributed by atoms with van der Waals surface area (Å²) >= 11 is 0. The van der Waals surface area contributed by atoms with Crippen molar-refractivity contribution in [3.8, 4) is 0 Å². The third kappa shape index (κ3) is 4.06. The number of nitrogens with zero attached hydrogens (tertiary/aromatic N) is 1. The second-order valence-corrected chi connectivity index (χ2v) is 8.46. The molecule has 2 amide bonds. The molecular formula is C20H28FN3O2. The number of carbonyl (C=O) groups excluding carboxylic acids is 2. The van der Waals surface area contributed by atoms with Crippen LogP contribution in [0.2, 0.25) is 0 Å². The molecule has 1 atom stereocenters. The molecule has 1 aromatic carbocycles. The number of halogens is 1. The van der Waals surface area contributed by atoms with Gasteiger partial charge in [-0.15, -0.1) is 0 Å². The minimum Gasteiger partial charge on any atom is -0.331 e. The molecule has 0 radical (unpaired) electrons. The third-order valence-electron chi connectivity index (χ3n) is 5.02. The Morgan fingerprint density at radius 1 is 1.35 bits per heavy atom. The molecule has 2 N–H and O–H groups in total. The SMILES string of the molecule is CC(C)(C)CC(=O)N1CCCC1C(=O)Nc1ccc2c(c1F)CCNC2. The summed E-state index contributed by atoms with van der Waals surface area (Å²) in [6, 6.07) is 2.97. The van der Waals surface area contributed by atoms with Crippen LogP contribution in [0.15, 0.2) is 12.1 Å². The van der Waals surface area contributed by atoms with E-state index in [9.17, 15) is 14.0 Å². The zero-order chi connectivity index (χ0) is 18.9. The van der Waals surface area contributed by atoms with Gasteiger partial charge in [0.15, 0.2) is 0 Å². The summed E-state index contributed by atoms with van der Waals surface area (Å²) < 4.78 is 14.8. The smallest absolute Gasteiger partial charge is 0.247 e. The molecule has 5 nitrogen and oxygen atoms in total. The molecule has 1 fully saturated rings. The topological polar surface area (TPSA) is 61.4 Å². The average Bonchev–Trinajstić information content (AvgIpc) is 3.06. The summed E-state index contributed by atoms with van der Waals surface area (Å²) in [5.74, 6) is -0.646. The summed E-state index contributed by atoms with van der Waals surface area (Å²) in [6.45, 7) is 8.00. The van der Waals surface area contributed by atoms with Gasteiger partial charge in [0.05, 0.1) is 5.69 Å². The number of likely N-dealkylation sites (tertiary alicyclic amines) is 1. The van der Waals surface area contributed by atoms with E-state index in [1.165, 1.54) is 0 Å². The molecule has 3 rings (SSSR count). The lowest BCUT2D eigenvalue weighted by molar-refractivity contribution is -0.138. The number of fused-ring (bicyclic) bond motifs is 1. The van der Waals surface area contributed by atoms with E-state index in [4.69, 9.17) is 0 Å². The van der Waals surface area contributed by atoms with Gasteiger partial charge in [0, 0.05) is 19.5 Å². The number of hydrogen-bond acceptors (Lipinski definition) is 3. The van der Waals surface area contributed by atoms with Gasteiger partial charge in [-0.1, -0.05) is 26.8 Å². The first-order chi connectivity index (χ1) is 12.3. The molecule has 26 heavy (non-hydrogen) atoms. The first-order valence-corrected chi connectivity index (χ1v) is 9.37. The molecule has 2 heterocycles. The van der Waals surface area contributed by atoms with Crippen LogP contribution in [0.25, 0.3) is 0 Å². The van der Waals surface area contributed by atoms with E-state index >= 15 is 0 Å². The Morgan fingerprint density at radius 2 is 2.12 bits per heavy atom. The van der Waals surface area contributed by atoms with E-state index in [2.05, 4.69) is 10.6 Å². The average molecular weight is 361 g/mol. The number of anilines is 1. The minimum atomic E-state index is -0.512. The predicted octanol–water partition coefficient (Wildman–Crippen LogP) is 2.84. The van der Waals surface area contributed by atoms with E-state index in [0.29, 0.717) is 37.9 Å². The van der Waals surface area contributed by atoms with Gasteiger partial charge in [-0.25, -0.2) is 4.39 Å². The van der Waals surface area contributed by atoms with Gasteiger partial charge in [-0.05, 0) is 48.4 Å². The maximum absolute atomic E-state index is 14.8. The van der Waals surface area contributed by atoms with Crippen molar-refractivity contribution in [1.82, 2.24) is 10.2 Å². The Morgan fingerprint density at radius 3 is 2.85 bits per heavy atom. The minimum absolute atomic E-state index is 0.00728. The summed E-state index contributed by atoms with van der Waals surface area (Å²) in [5.41, 5.74) is 1.70. The fraction of sp³-hybridized carbons (Fsp3) is 0.600. The third-order valence-corrected chi connectivity index (χ3v) is 5.02. The lowest BCUT2D eigenvalue weighted by Gasteiger charge is -2.28. The van der Waals surface area contributed by atoms with E-state index in [1.807, 2.05) is 26.8 Å². The molecule has 0 aromatic heterocycles. The van der Waals surface area contributed by atoms with Gasteiger partial charge in [-0.3, -0.25) is 9.59 Å². The maximum atomic E-state index is 14.8. The Kier molecular flexibility index (Phi) is 5.32. The molecule has 1 unspecified atom stereocenters. The van der Waals surface area contributed by atoms with Crippen LogP contribution in [0.3, 0.4) is 0 Å². The van der Waals surface area contributed by atoms with Gasteiger partial charge in [0.25, 0.3) is 0 Å². The van der Waals surface area contributed by atoms with E-state index in [0.717, 1.165) is 18.5 Å². The fourth-order valence-corrected chi connectivity index (χ4v) is 3.74. The standard InChI is InChI=1S/C20H28FN3O2/c1-20(2,3)11-17(25)24-10-4-5-16(24)19(26)23-15-7-6-13-12-22-9-8-14(13)18(15)21/h6-7,16,22H,4-5,8-12H2,1-3H3,(H,23,26). The molecule has 0 aliphatic carbocycles. The highest BCUT2D eigenvalue weighted by atomic mass is 19.1. The summed E-state index contributed by atoms with van der Waals surface area (Å²) in [4.78, 5) is 26.9. The Balaban J connectivity index is 1.72. The molecule has 2 aliphatic heterocycles. The van der Waals surface area contributed by atoms with Crippen LogP contribution in [0.1, 0.15) is 51.2 Å². The molecule has 0 spiro atoms. The molecule has 6 heteroatoms. The van der Waals surface area contributed by atoms with E-state index in [-0.39, 0.29) is 28.7 Å². The van der Waals surface area contributed by atoms with Crippen LogP contribution in [0, 0.1) is 11.2 Å². The Hall–Kier alpha value is -1.95. The fourth-order valence-electron chi connectivity index (χ4n) is 3.74. The lowest BCUT2D eigenvalue weighted by atomic mass is 9.91. The summed E-state index contributed by atoms with van der Waals surface area (Å²) in [7, 11) is 0. The second kappa shape index (κ2) is 7.35. The van der Waals surface area contributed by atoms with Crippen molar-refractivity contribution in [1.29, 1.82) is 0 Å². The van der Waals surface area contributed by atoms with Crippen molar-refractivity contribution in [3.63, 3.8) is 0 Å². The highest BCUT2D eigenvalue weighted by Gasteiger charge is 2.35. The van der Waals surface area contributed by atoms with Gasteiger partial charge >= 0.3 is 0 Å². The highest BCUT2D eigenvalue weighted by Crippen LogP contribution is 2.28. The van der Waals surface area contributed by atoms with E-state index in [1.54, 1.807) is 11.0 Å². The molecule has 0 saturated carbocycles. The summed E-state index contributed by atoms with van der Waals surface area (Å²) in [5, 5.41) is 5.93. The van der Waals surface area contributed by atoms with Gasteiger partial charge < -0.3 is 15.5 Å². The number of amides is 2. The largest absolute Gasteiger partial charge is 0.331 e. The Bertz CT molecular complexity index is 712. The van der Waals surface area contributed by atoms with Crippen LogP contribution >= 0.6 is 0 Å². The second-order valence-electron chi connectivity index (χ2n) is 8.46. The number of rotatable bonds is 3. The number of nitrogens with one attached hydrogen (secondary N) is 2. The van der Waals surface area contributed by atoms with Gasteiger partial charge in [0.1, 0.15) is 11.9 Å². The van der Waals surface area contributed by atoms with Gasteiger partial charge in [0.2, 0.25) is 11.8 Å². The van der Waals surface area contributed by atoms with Crippen molar-refractivity contribution in [2.45, 2.75) is 59.0 Å². The highest BCUT2D eigenvalue weighted by molar-refractivity contribution is 5.97. The predicted molar refractivity (Wildman–Crippen MR) is 99.2 cm³/mol. The van der Waals surface area contributed by atoms with Crippen molar-refractivity contribution < 1.29 is 14.0 Å². The normalized spacial score (nSPS) is 20.0. The van der Waals surface area contributed by atoms with E-state index < -0.39 is 6.04 Å². The number of hydrogen-bond donors (Lipinski definition) is 2. The van der Waals surface area contributed by atoms with Crippen LogP contribution in [-0.4, -0.2) is 35.8 Å². The quantitative estimate of drug-likeness (QED) is 0.870. The summed E-state index contributed by atoms with van der Waals surface area (Å²) in [6.07, 6.45) is 2.44. The molecule has 1 aromatic rings. The van der Waals surface area contributed by atoms with Crippen molar-refractivity contribution in [2.75, 3.05) is 18.4 Å². The van der Waals surface area contributed by atoms with Crippen molar-refractivity contribution in [3.05, 3.63) is 29.1 Å². The first kappa shape index (κ1) is 18.8. The maximum Gasteiger partial charge on any atom is 0.247 e. The first-order valence-electron chi connectivity index (χ1n) is 9.37. The molecule has 0 bridgehead atoms. The number of benzene rings is 1. The molecule has 2 aliphatic rings. The molecular weight excluding hydrogens is 333 g/mol. The van der Waals surface area contributed by atoms with Gasteiger partial charge in [-0.2, -0.15) is 0 Å². The van der Waals surface area contributed by atoms with Crippen LogP contribution < -0.4 is 10.6 Å². The van der Waals surface area contributed by atoms with Crippen LogP contribution in [0.5, 0.6) is 0 Å². The van der Waals surface area contributed by atoms with Crippen LogP contribution in [-0.2, 0) is 22.6 Å². The Labute approximate surface area is 154 Å². The molecule has 142 valence electrons. The van der Waals surface area contributed by atoms with Crippen molar-refractivity contribution >= 4 is 17.5 Å². The van der Waals surface area contributed by atoms with Crippen molar-refractivity contribution in [2.24, 2.45) is 5.41 Å². The zero-order valence-corrected chi connectivity index (χ0v) is 15.8. The lowest BCUT2D eigenvalue weighted by Crippen LogP contribution is -2.44. The molecule has 1 saturated heterocycles. The number of carbonyl (C=O) groups is 2. The monoisotopic (exact) mass is 361 g/mol. The zero-order valence-electron chi connectivity index (χ0n) is 15.8. The van der Waals surface area contributed by atoms with Crippen LogP contribution in [0.4, 0.5) is 10.1 Å².